The zero-order chi connectivity index (χ0) is 5.28. The van der Waals surface area contributed by atoms with Crippen LogP contribution in [0, 0.1) is 19.2 Å². The summed E-state index contributed by atoms with van der Waals surface area (Å²) in [4.78, 5) is 1.34. The molecule has 0 aromatic carbocycles. The summed E-state index contributed by atoms with van der Waals surface area (Å²) >= 11 is 1.68. The Morgan fingerprint density at radius 1 is 1.50 bits per heavy atom. The number of aryl methyl sites for hydroxylation is 2. The molecular formula is C6H7SV-. The number of rotatable bonds is 0. The maximum atomic E-state index is 3.11. The second-order valence-corrected chi connectivity index (χ2v) is 2.69. The molecule has 0 fully saturated rings. The first-order valence-electron chi connectivity index (χ1n) is 2.24. The third-order valence-corrected chi connectivity index (χ3v) is 1.66. The SMILES string of the molecule is Cc1[c-]sc(C)c1.[V]. The predicted octanol–water partition coefficient (Wildman–Crippen LogP) is 2.16. The molecule has 8 heavy (non-hydrogen) atoms. The zero-order valence-electron chi connectivity index (χ0n) is 4.93. The van der Waals surface area contributed by atoms with E-state index < -0.39 is 0 Å². The topological polar surface area (TPSA) is 0 Å². The maximum absolute atomic E-state index is 3.11. The smallest absolute Gasteiger partial charge is 0 e. The summed E-state index contributed by atoms with van der Waals surface area (Å²) in [5.74, 6) is 0. The van der Waals surface area contributed by atoms with Crippen molar-refractivity contribution in [2.45, 2.75) is 13.8 Å². The van der Waals surface area contributed by atoms with Gasteiger partial charge in [0, 0.05) is 18.6 Å². The van der Waals surface area contributed by atoms with Gasteiger partial charge in [-0.2, -0.15) is 16.5 Å². The van der Waals surface area contributed by atoms with Crippen molar-refractivity contribution in [2.24, 2.45) is 0 Å². The molecule has 0 spiro atoms. The second-order valence-electron chi connectivity index (χ2n) is 1.64. The van der Waals surface area contributed by atoms with Gasteiger partial charge in [-0.15, -0.1) is 5.38 Å². The van der Waals surface area contributed by atoms with E-state index in [1.807, 2.05) is 0 Å². The van der Waals surface area contributed by atoms with Gasteiger partial charge in [0.05, 0.1) is 0 Å². The number of thiophene rings is 1. The van der Waals surface area contributed by atoms with E-state index in [1.165, 1.54) is 10.4 Å². The summed E-state index contributed by atoms with van der Waals surface area (Å²) in [6, 6.07) is 2.13. The molecule has 1 radical (unpaired) electrons. The minimum absolute atomic E-state index is 0. The van der Waals surface area contributed by atoms with Crippen LogP contribution in [-0.4, -0.2) is 0 Å². The predicted molar refractivity (Wildman–Crippen MR) is 32.6 cm³/mol. The summed E-state index contributed by atoms with van der Waals surface area (Å²) in [6.07, 6.45) is 0. The van der Waals surface area contributed by atoms with Gasteiger partial charge in [0.2, 0.25) is 0 Å². The standard InChI is InChI=1S/C6H7S.V/c1-5-3-6(2)7-4-5;/h3H,1-2H3;/q-1;. The molecule has 0 bridgehead atoms. The average Bonchev–Trinajstić information content (AvgIpc) is 1.87. The normalized spacial score (nSPS) is 8.25. The van der Waals surface area contributed by atoms with Crippen LogP contribution in [0.4, 0.5) is 0 Å². The van der Waals surface area contributed by atoms with Gasteiger partial charge in [0.15, 0.2) is 0 Å². The Kier molecular flexibility index (Phi) is 3.46. The summed E-state index contributed by atoms with van der Waals surface area (Å²) in [7, 11) is 0. The van der Waals surface area contributed by atoms with Crippen LogP contribution in [-0.2, 0) is 18.6 Å². The van der Waals surface area contributed by atoms with Gasteiger partial charge in [-0.05, 0) is 0 Å². The number of hydrogen-bond acceptors (Lipinski definition) is 1. The Hall–Kier alpha value is 0.284. The molecule has 2 heteroatoms. The average molecular weight is 162 g/mol. The molecule has 1 rings (SSSR count). The van der Waals surface area contributed by atoms with Crippen LogP contribution in [0.2, 0.25) is 0 Å². The monoisotopic (exact) mass is 162 g/mol. The van der Waals surface area contributed by atoms with E-state index in [9.17, 15) is 0 Å². The first-order chi connectivity index (χ1) is 3.29. The van der Waals surface area contributed by atoms with E-state index in [4.69, 9.17) is 0 Å². The van der Waals surface area contributed by atoms with Crippen LogP contribution in [0.3, 0.4) is 0 Å². The molecule has 1 heterocycles. The second kappa shape index (κ2) is 3.34. The molecule has 0 aliphatic heterocycles. The van der Waals surface area contributed by atoms with Gasteiger partial charge in [0.1, 0.15) is 0 Å². The van der Waals surface area contributed by atoms with Crippen molar-refractivity contribution in [1.29, 1.82) is 0 Å². The van der Waals surface area contributed by atoms with E-state index in [2.05, 4.69) is 25.3 Å². The maximum Gasteiger partial charge on any atom is 0 e. The van der Waals surface area contributed by atoms with Crippen molar-refractivity contribution < 1.29 is 18.6 Å². The van der Waals surface area contributed by atoms with E-state index in [1.54, 1.807) is 11.3 Å². The fourth-order valence-corrected chi connectivity index (χ4v) is 1.14. The van der Waals surface area contributed by atoms with Crippen LogP contribution >= 0.6 is 11.3 Å². The Morgan fingerprint density at radius 3 is 2.25 bits per heavy atom. The molecule has 0 saturated carbocycles. The minimum atomic E-state index is 0. The van der Waals surface area contributed by atoms with Gasteiger partial charge in [-0.1, -0.05) is 13.8 Å². The molecule has 0 amide bonds. The Labute approximate surface area is 65.8 Å². The zero-order valence-corrected chi connectivity index (χ0v) is 7.15. The summed E-state index contributed by atoms with van der Waals surface area (Å²) in [6.45, 7) is 4.15. The quantitative estimate of drug-likeness (QED) is 0.513. The van der Waals surface area contributed by atoms with E-state index >= 15 is 0 Å². The molecule has 0 aliphatic rings. The summed E-state index contributed by atoms with van der Waals surface area (Å²) < 4.78 is 0. The van der Waals surface area contributed by atoms with Gasteiger partial charge >= 0.3 is 0 Å². The third-order valence-electron chi connectivity index (χ3n) is 0.793. The van der Waals surface area contributed by atoms with E-state index in [-0.39, 0.29) is 18.6 Å². The van der Waals surface area contributed by atoms with Gasteiger partial charge in [-0.25, -0.2) is 0 Å². The summed E-state index contributed by atoms with van der Waals surface area (Å²) in [5.41, 5.74) is 1.25. The van der Waals surface area contributed by atoms with Gasteiger partial charge in [0.25, 0.3) is 0 Å². The van der Waals surface area contributed by atoms with Crippen molar-refractivity contribution in [2.75, 3.05) is 0 Å². The molecule has 0 nitrogen and oxygen atoms in total. The fourth-order valence-electron chi connectivity index (χ4n) is 0.525. The van der Waals surface area contributed by atoms with Crippen molar-refractivity contribution in [3.05, 3.63) is 21.9 Å². The summed E-state index contributed by atoms with van der Waals surface area (Å²) in [5, 5.41) is 3.11. The first kappa shape index (κ1) is 8.28. The van der Waals surface area contributed by atoms with Crippen LogP contribution in [0.5, 0.6) is 0 Å². The fraction of sp³-hybridized carbons (Fsp3) is 0.333. The largest absolute Gasteiger partial charge is 0.300 e. The van der Waals surface area contributed by atoms with Crippen LogP contribution in [0.15, 0.2) is 6.07 Å². The molecule has 1 aromatic rings. The van der Waals surface area contributed by atoms with Gasteiger partial charge < -0.3 is 11.3 Å². The van der Waals surface area contributed by atoms with Crippen molar-refractivity contribution >= 4 is 11.3 Å². The van der Waals surface area contributed by atoms with Crippen LogP contribution < -0.4 is 0 Å². The molecule has 0 N–H and O–H groups in total. The van der Waals surface area contributed by atoms with Crippen molar-refractivity contribution in [1.82, 2.24) is 0 Å². The number of hydrogen-bond donors (Lipinski definition) is 0. The Morgan fingerprint density at radius 2 is 2.12 bits per heavy atom. The molecular weight excluding hydrogens is 155 g/mol. The molecule has 0 unspecified atom stereocenters. The van der Waals surface area contributed by atoms with Crippen molar-refractivity contribution in [3.63, 3.8) is 0 Å². The Bertz CT molecular complexity index is 141. The van der Waals surface area contributed by atoms with Crippen molar-refractivity contribution in [3.8, 4) is 0 Å². The van der Waals surface area contributed by atoms with Crippen LogP contribution in [0.25, 0.3) is 0 Å². The molecule has 43 valence electrons. The van der Waals surface area contributed by atoms with E-state index in [0.29, 0.717) is 0 Å². The third kappa shape index (κ3) is 2.04. The minimum Gasteiger partial charge on any atom is -0.300 e. The molecule has 0 atom stereocenters. The molecule has 1 aromatic heterocycles. The van der Waals surface area contributed by atoms with Crippen LogP contribution in [0.1, 0.15) is 10.4 Å². The Balaban J connectivity index is 0.000000490. The molecule has 0 aliphatic carbocycles. The first-order valence-corrected chi connectivity index (χ1v) is 3.05. The molecule has 0 saturated heterocycles. The van der Waals surface area contributed by atoms with E-state index in [0.717, 1.165) is 0 Å². The van der Waals surface area contributed by atoms with Gasteiger partial charge in [-0.3, -0.25) is 0 Å².